The summed E-state index contributed by atoms with van der Waals surface area (Å²) in [6, 6.07) is 1.60. The molecule has 2 aliphatic heterocycles. The molecule has 20 heavy (non-hydrogen) atoms. The van der Waals surface area contributed by atoms with Gasteiger partial charge in [-0.05, 0) is 75.3 Å². The second-order valence-electron chi connectivity index (χ2n) is 6.21. The minimum atomic E-state index is -0.230. The van der Waals surface area contributed by atoms with E-state index in [-0.39, 0.29) is 5.82 Å². The molecule has 0 atom stereocenters. The minimum absolute atomic E-state index is 0.230. The van der Waals surface area contributed by atoms with Crippen LogP contribution in [0.15, 0.2) is 18.5 Å². The highest BCUT2D eigenvalue weighted by molar-refractivity contribution is 5.10. The van der Waals surface area contributed by atoms with Crippen LogP contribution in [0, 0.1) is 17.7 Å². The Morgan fingerprint density at radius 3 is 2.50 bits per heavy atom. The van der Waals surface area contributed by atoms with Gasteiger partial charge in [-0.1, -0.05) is 0 Å². The summed E-state index contributed by atoms with van der Waals surface area (Å²) >= 11 is 0. The van der Waals surface area contributed by atoms with Crippen LogP contribution in [0.5, 0.6) is 0 Å². The second kappa shape index (κ2) is 6.64. The number of nitrogens with zero attached hydrogens (tertiary/aromatic N) is 2. The molecular weight excluding hydrogens is 253 g/mol. The SMILES string of the molecule is Fc1cncc(CN2CCC(C3CCNCC3)CC2)c1. The Morgan fingerprint density at radius 2 is 1.80 bits per heavy atom. The van der Waals surface area contributed by atoms with E-state index in [0.717, 1.165) is 37.0 Å². The normalized spacial score (nSPS) is 23.1. The number of likely N-dealkylation sites (tertiary alicyclic amines) is 1. The number of hydrogen-bond donors (Lipinski definition) is 1. The first kappa shape index (κ1) is 14.0. The van der Waals surface area contributed by atoms with Gasteiger partial charge in [0, 0.05) is 12.7 Å². The molecule has 2 aliphatic rings. The van der Waals surface area contributed by atoms with Crippen LogP contribution in [0.4, 0.5) is 4.39 Å². The average molecular weight is 277 g/mol. The molecule has 3 rings (SSSR count). The lowest BCUT2D eigenvalue weighted by Crippen LogP contribution is -2.39. The number of aromatic nitrogens is 1. The van der Waals surface area contributed by atoms with Crippen molar-refractivity contribution in [2.75, 3.05) is 26.2 Å². The molecule has 0 aromatic carbocycles. The zero-order valence-corrected chi connectivity index (χ0v) is 12.0. The van der Waals surface area contributed by atoms with Gasteiger partial charge in [-0.15, -0.1) is 0 Å². The maximum absolute atomic E-state index is 13.1. The molecule has 110 valence electrons. The second-order valence-corrected chi connectivity index (χ2v) is 6.21. The van der Waals surface area contributed by atoms with Crippen molar-refractivity contribution >= 4 is 0 Å². The molecule has 4 heteroatoms. The lowest BCUT2D eigenvalue weighted by molar-refractivity contribution is 0.125. The van der Waals surface area contributed by atoms with Gasteiger partial charge in [0.1, 0.15) is 5.82 Å². The maximum atomic E-state index is 13.1. The van der Waals surface area contributed by atoms with Crippen molar-refractivity contribution < 1.29 is 4.39 Å². The molecule has 0 radical (unpaired) electrons. The Hall–Kier alpha value is -1.00. The van der Waals surface area contributed by atoms with Gasteiger partial charge < -0.3 is 5.32 Å². The Morgan fingerprint density at radius 1 is 1.10 bits per heavy atom. The van der Waals surface area contributed by atoms with Crippen molar-refractivity contribution in [3.05, 3.63) is 29.8 Å². The van der Waals surface area contributed by atoms with Crippen LogP contribution in [0.1, 0.15) is 31.2 Å². The minimum Gasteiger partial charge on any atom is -0.317 e. The summed E-state index contributed by atoms with van der Waals surface area (Å²) < 4.78 is 13.1. The molecule has 0 amide bonds. The van der Waals surface area contributed by atoms with E-state index in [1.807, 2.05) is 0 Å². The molecule has 0 aliphatic carbocycles. The van der Waals surface area contributed by atoms with Crippen molar-refractivity contribution in [3.8, 4) is 0 Å². The smallest absolute Gasteiger partial charge is 0.141 e. The monoisotopic (exact) mass is 277 g/mol. The van der Waals surface area contributed by atoms with Gasteiger partial charge in [-0.25, -0.2) is 4.39 Å². The van der Waals surface area contributed by atoms with Crippen LogP contribution in [-0.2, 0) is 6.54 Å². The van der Waals surface area contributed by atoms with Crippen molar-refractivity contribution in [2.24, 2.45) is 11.8 Å². The Bertz CT molecular complexity index is 423. The molecule has 0 saturated carbocycles. The quantitative estimate of drug-likeness (QED) is 0.920. The van der Waals surface area contributed by atoms with Gasteiger partial charge in [0.2, 0.25) is 0 Å². The Labute approximate surface area is 120 Å². The molecule has 1 aromatic rings. The van der Waals surface area contributed by atoms with Crippen LogP contribution in [0.2, 0.25) is 0 Å². The fraction of sp³-hybridized carbons (Fsp3) is 0.688. The summed E-state index contributed by atoms with van der Waals surface area (Å²) in [5.41, 5.74) is 0.991. The molecule has 0 bridgehead atoms. The highest BCUT2D eigenvalue weighted by atomic mass is 19.1. The summed E-state index contributed by atoms with van der Waals surface area (Å²) in [5.74, 6) is 1.60. The van der Waals surface area contributed by atoms with E-state index in [2.05, 4.69) is 15.2 Å². The van der Waals surface area contributed by atoms with Crippen molar-refractivity contribution in [1.29, 1.82) is 0 Å². The summed E-state index contributed by atoms with van der Waals surface area (Å²) in [6.45, 7) is 5.51. The molecule has 2 saturated heterocycles. The molecule has 3 nitrogen and oxygen atoms in total. The van der Waals surface area contributed by atoms with E-state index in [4.69, 9.17) is 0 Å². The lowest BCUT2D eigenvalue weighted by atomic mass is 9.79. The van der Waals surface area contributed by atoms with Crippen LogP contribution in [-0.4, -0.2) is 36.1 Å². The van der Waals surface area contributed by atoms with Crippen LogP contribution < -0.4 is 5.32 Å². The molecule has 1 aromatic heterocycles. The molecule has 0 unspecified atom stereocenters. The van der Waals surface area contributed by atoms with E-state index in [9.17, 15) is 4.39 Å². The first-order valence-electron chi connectivity index (χ1n) is 7.84. The molecule has 2 fully saturated rings. The predicted molar refractivity (Wildman–Crippen MR) is 77.8 cm³/mol. The zero-order valence-electron chi connectivity index (χ0n) is 12.0. The Kier molecular flexibility index (Phi) is 4.63. The summed E-state index contributed by atoms with van der Waals surface area (Å²) in [5, 5.41) is 3.45. The molecular formula is C16H24FN3. The van der Waals surface area contributed by atoms with Gasteiger partial charge in [-0.3, -0.25) is 9.88 Å². The van der Waals surface area contributed by atoms with Crippen molar-refractivity contribution in [3.63, 3.8) is 0 Å². The van der Waals surface area contributed by atoms with Crippen LogP contribution in [0.3, 0.4) is 0 Å². The number of piperidine rings is 2. The largest absolute Gasteiger partial charge is 0.317 e. The average Bonchev–Trinajstić information content (AvgIpc) is 2.49. The lowest BCUT2D eigenvalue weighted by Gasteiger charge is -2.37. The third-order valence-corrected chi connectivity index (χ3v) is 4.85. The molecule has 3 heterocycles. The van der Waals surface area contributed by atoms with Crippen molar-refractivity contribution in [1.82, 2.24) is 15.2 Å². The number of halogens is 1. The topological polar surface area (TPSA) is 28.2 Å². The first-order chi connectivity index (χ1) is 9.81. The van der Waals surface area contributed by atoms with Crippen LogP contribution in [0.25, 0.3) is 0 Å². The summed E-state index contributed by atoms with van der Waals surface area (Å²) in [7, 11) is 0. The number of nitrogens with one attached hydrogen (secondary N) is 1. The number of pyridine rings is 1. The van der Waals surface area contributed by atoms with Gasteiger partial charge >= 0.3 is 0 Å². The van der Waals surface area contributed by atoms with Gasteiger partial charge in [0.05, 0.1) is 6.20 Å². The molecule has 0 spiro atoms. The standard InChI is InChI=1S/C16H24FN3/c17-16-9-13(10-19-11-16)12-20-7-3-15(4-8-20)14-1-5-18-6-2-14/h9-11,14-15,18H,1-8,12H2. The predicted octanol–water partition coefficient (Wildman–Crippen LogP) is 2.43. The highest BCUT2D eigenvalue weighted by Gasteiger charge is 2.27. The van der Waals surface area contributed by atoms with Crippen LogP contribution >= 0.6 is 0 Å². The van der Waals surface area contributed by atoms with Gasteiger partial charge in [0.25, 0.3) is 0 Å². The van der Waals surface area contributed by atoms with E-state index < -0.39 is 0 Å². The Balaban J connectivity index is 1.48. The van der Waals surface area contributed by atoms with E-state index in [0.29, 0.717) is 0 Å². The van der Waals surface area contributed by atoms with E-state index in [1.54, 1.807) is 12.3 Å². The van der Waals surface area contributed by atoms with E-state index in [1.165, 1.54) is 45.0 Å². The number of hydrogen-bond acceptors (Lipinski definition) is 3. The fourth-order valence-corrected chi connectivity index (χ4v) is 3.70. The zero-order chi connectivity index (χ0) is 13.8. The first-order valence-corrected chi connectivity index (χ1v) is 7.84. The third kappa shape index (κ3) is 3.55. The van der Waals surface area contributed by atoms with Crippen molar-refractivity contribution in [2.45, 2.75) is 32.2 Å². The van der Waals surface area contributed by atoms with Gasteiger partial charge in [0.15, 0.2) is 0 Å². The third-order valence-electron chi connectivity index (χ3n) is 4.85. The highest BCUT2D eigenvalue weighted by Crippen LogP contribution is 2.31. The van der Waals surface area contributed by atoms with Gasteiger partial charge in [-0.2, -0.15) is 0 Å². The fourth-order valence-electron chi connectivity index (χ4n) is 3.70. The summed E-state index contributed by atoms with van der Waals surface area (Å²) in [6.07, 6.45) is 8.34. The maximum Gasteiger partial charge on any atom is 0.141 e. The van der Waals surface area contributed by atoms with E-state index >= 15 is 0 Å². The molecule has 1 N–H and O–H groups in total. The summed E-state index contributed by atoms with van der Waals surface area (Å²) in [4.78, 5) is 6.37. The number of rotatable bonds is 3.